The normalized spacial score (nSPS) is 12.7. The Bertz CT molecular complexity index is 239. The summed E-state index contributed by atoms with van der Waals surface area (Å²) >= 11 is 0. The fraction of sp³-hybridized carbons (Fsp3) is 0.900. The summed E-state index contributed by atoms with van der Waals surface area (Å²) in [6.45, 7) is 3.75. The molecule has 0 unspecified atom stereocenters. The number of hydrogen-bond donors (Lipinski definition) is 1. The third-order valence-corrected chi connectivity index (χ3v) is 2.24. The van der Waals surface area contributed by atoms with Crippen LogP contribution in [0.5, 0.6) is 0 Å². The van der Waals surface area contributed by atoms with Crippen molar-refractivity contribution in [1.82, 2.24) is 4.90 Å². The Hall–Kier alpha value is -0.780. The lowest BCUT2D eigenvalue weighted by Gasteiger charge is -2.31. The molecular weight excluding hydrogens is 221 g/mol. The van der Waals surface area contributed by atoms with E-state index in [9.17, 15) is 18.0 Å². The predicted molar refractivity (Wildman–Crippen MR) is 55.8 cm³/mol. The van der Waals surface area contributed by atoms with Crippen LogP contribution in [0.25, 0.3) is 0 Å². The van der Waals surface area contributed by atoms with Crippen molar-refractivity contribution >= 4 is 5.91 Å². The van der Waals surface area contributed by atoms with Gasteiger partial charge >= 0.3 is 6.18 Å². The number of nitrogens with two attached hydrogens (primary N) is 1. The van der Waals surface area contributed by atoms with Gasteiger partial charge in [0.2, 0.25) is 5.91 Å². The minimum Gasteiger partial charge on any atom is -0.333 e. The van der Waals surface area contributed by atoms with Crippen LogP contribution in [0.3, 0.4) is 0 Å². The Morgan fingerprint density at radius 1 is 1.31 bits per heavy atom. The maximum Gasteiger partial charge on any atom is 0.406 e. The van der Waals surface area contributed by atoms with Gasteiger partial charge in [-0.2, -0.15) is 13.2 Å². The highest BCUT2D eigenvalue weighted by Gasteiger charge is 2.37. The van der Waals surface area contributed by atoms with E-state index in [2.05, 4.69) is 0 Å². The first-order chi connectivity index (χ1) is 7.14. The molecule has 0 saturated carbocycles. The molecule has 0 heterocycles. The fourth-order valence-electron chi connectivity index (χ4n) is 1.25. The van der Waals surface area contributed by atoms with E-state index in [1.165, 1.54) is 0 Å². The molecule has 0 bridgehead atoms. The summed E-state index contributed by atoms with van der Waals surface area (Å²) in [6.07, 6.45) is -3.88. The third kappa shape index (κ3) is 4.83. The summed E-state index contributed by atoms with van der Waals surface area (Å²) in [7, 11) is 0. The van der Waals surface area contributed by atoms with Crippen molar-refractivity contribution < 1.29 is 18.0 Å². The van der Waals surface area contributed by atoms with Crippen LogP contribution in [0.1, 0.15) is 27.2 Å². The van der Waals surface area contributed by atoms with Gasteiger partial charge in [-0.15, -0.1) is 0 Å². The first kappa shape index (κ1) is 15.2. The second-order valence-electron chi connectivity index (χ2n) is 4.43. The molecule has 0 atom stereocenters. The zero-order chi connectivity index (χ0) is 13.0. The van der Waals surface area contributed by atoms with Crippen LogP contribution in [0, 0.1) is 5.41 Å². The van der Waals surface area contributed by atoms with Crippen LogP contribution in [0.2, 0.25) is 0 Å². The van der Waals surface area contributed by atoms with Gasteiger partial charge in [-0.3, -0.25) is 4.79 Å². The van der Waals surface area contributed by atoms with Gasteiger partial charge in [-0.1, -0.05) is 6.92 Å². The number of rotatable bonds is 5. The molecule has 0 aromatic rings. The minimum absolute atomic E-state index is 0.0317. The molecule has 0 radical (unpaired) electrons. The van der Waals surface area contributed by atoms with E-state index in [-0.39, 0.29) is 13.1 Å². The van der Waals surface area contributed by atoms with E-state index in [4.69, 9.17) is 5.73 Å². The summed E-state index contributed by atoms with van der Waals surface area (Å²) in [5, 5.41) is 0. The summed E-state index contributed by atoms with van der Waals surface area (Å²) in [4.78, 5) is 12.6. The highest BCUT2D eigenvalue weighted by atomic mass is 19.4. The number of hydrogen-bond acceptors (Lipinski definition) is 2. The van der Waals surface area contributed by atoms with E-state index in [0.717, 1.165) is 4.90 Å². The van der Waals surface area contributed by atoms with Crippen LogP contribution in [0.4, 0.5) is 13.2 Å². The number of amides is 1. The maximum absolute atomic E-state index is 12.3. The monoisotopic (exact) mass is 240 g/mol. The number of carbonyl (C=O) groups excluding carboxylic acids is 1. The Labute approximate surface area is 93.8 Å². The molecule has 0 spiro atoms. The molecule has 96 valence electrons. The van der Waals surface area contributed by atoms with Crippen molar-refractivity contribution in [3.8, 4) is 0 Å². The van der Waals surface area contributed by atoms with Crippen LogP contribution in [-0.4, -0.2) is 36.6 Å². The zero-order valence-electron chi connectivity index (χ0n) is 9.90. The summed E-state index contributed by atoms with van der Waals surface area (Å²) in [5.74, 6) is -0.547. The van der Waals surface area contributed by atoms with Gasteiger partial charge in [-0.25, -0.2) is 0 Å². The fourth-order valence-corrected chi connectivity index (χ4v) is 1.25. The SMILES string of the molecule is CCCN(CC(F)(F)F)C(=O)C(C)(C)CN. The summed E-state index contributed by atoms with van der Waals surface area (Å²) in [6, 6.07) is 0. The van der Waals surface area contributed by atoms with Crippen molar-refractivity contribution in [2.24, 2.45) is 11.1 Å². The van der Waals surface area contributed by atoms with E-state index in [0.29, 0.717) is 6.42 Å². The van der Waals surface area contributed by atoms with Gasteiger partial charge < -0.3 is 10.6 Å². The molecule has 0 fully saturated rings. The van der Waals surface area contributed by atoms with Crippen LogP contribution < -0.4 is 5.73 Å². The van der Waals surface area contributed by atoms with Crippen molar-refractivity contribution in [1.29, 1.82) is 0 Å². The first-order valence-corrected chi connectivity index (χ1v) is 5.20. The average Bonchev–Trinajstić information content (AvgIpc) is 2.14. The molecule has 0 aliphatic rings. The van der Waals surface area contributed by atoms with Crippen LogP contribution >= 0.6 is 0 Å². The van der Waals surface area contributed by atoms with E-state index in [1.54, 1.807) is 20.8 Å². The molecule has 0 saturated heterocycles. The van der Waals surface area contributed by atoms with Gasteiger partial charge in [0.05, 0.1) is 5.41 Å². The van der Waals surface area contributed by atoms with Gasteiger partial charge in [0.25, 0.3) is 0 Å². The second-order valence-corrected chi connectivity index (χ2v) is 4.43. The largest absolute Gasteiger partial charge is 0.406 e. The van der Waals surface area contributed by atoms with Crippen molar-refractivity contribution in [2.75, 3.05) is 19.6 Å². The van der Waals surface area contributed by atoms with E-state index >= 15 is 0 Å². The number of alkyl halides is 3. The Kier molecular flexibility index (Phi) is 5.25. The van der Waals surface area contributed by atoms with Crippen LogP contribution in [0.15, 0.2) is 0 Å². The van der Waals surface area contributed by atoms with Gasteiger partial charge in [0.1, 0.15) is 6.54 Å². The molecule has 3 nitrogen and oxygen atoms in total. The Morgan fingerprint density at radius 3 is 2.12 bits per heavy atom. The highest BCUT2D eigenvalue weighted by molar-refractivity contribution is 5.82. The zero-order valence-corrected chi connectivity index (χ0v) is 9.90. The number of nitrogens with zero attached hydrogens (tertiary/aromatic N) is 1. The number of halogens is 3. The Morgan fingerprint density at radius 2 is 1.81 bits per heavy atom. The average molecular weight is 240 g/mol. The molecule has 16 heavy (non-hydrogen) atoms. The van der Waals surface area contributed by atoms with Gasteiger partial charge in [-0.05, 0) is 20.3 Å². The second kappa shape index (κ2) is 5.52. The predicted octanol–water partition coefficient (Wildman–Crippen LogP) is 1.77. The molecule has 0 aromatic heterocycles. The summed E-state index contributed by atoms with van der Waals surface area (Å²) in [5.41, 5.74) is 4.43. The molecular formula is C10H19F3N2O. The lowest BCUT2D eigenvalue weighted by atomic mass is 9.91. The van der Waals surface area contributed by atoms with E-state index in [1.807, 2.05) is 0 Å². The van der Waals surface area contributed by atoms with Gasteiger partial charge in [0, 0.05) is 13.1 Å². The number of carbonyl (C=O) groups is 1. The molecule has 0 aliphatic carbocycles. The molecule has 0 aromatic carbocycles. The van der Waals surface area contributed by atoms with Crippen molar-refractivity contribution in [3.05, 3.63) is 0 Å². The maximum atomic E-state index is 12.3. The van der Waals surface area contributed by atoms with Crippen LogP contribution in [-0.2, 0) is 4.79 Å². The smallest absolute Gasteiger partial charge is 0.333 e. The Balaban J connectivity index is 4.72. The van der Waals surface area contributed by atoms with Gasteiger partial charge in [0.15, 0.2) is 0 Å². The quantitative estimate of drug-likeness (QED) is 0.796. The first-order valence-electron chi connectivity index (χ1n) is 5.20. The third-order valence-electron chi connectivity index (χ3n) is 2.24. The molecule has 0 aliphatic heterocycles. The lowest BCUT2D eigenvalue weighted by Crippen LogP contribution is -2.48. The topological polar surface area (TPSA) is 46.3 Å². The summed E-state index contributed by atoms with van der Waals surface area (Å²) < 4.78 is 36.8. The minimum atomic E-state index is -4.37. The molecule has 2 N–H and O–H groups in total. The standard InChI is InChI=1S/C10H19F3N2O/c1-4-5-15(7-10(11,12)13)8(16)9(2,3)6-14/h4-7,14H2,1-3H3. The molecule has 6 heteroatoms. The van der Waals surface area contributed by atoms with Crippen molar-refractivity contribution in [2.45, 2.75) is 33.4 Å². The molecule has 1 amide bonds. The highest BCUT2D eigenvalue weighted by Crippen LogP contribution is 2.22. The van der Waals surface area contributed by atoms with Crippen molar-refractivity contribution in [3.63, 3.8) is 0 Å². The molecule has 0 rings (SSSR count). The lowest BCUT2D eigenvalue weighted by molar-refractivity contribution is -0.166. The van der Waals surface area contributed by atoms with E-state index < -0.39 is 24.0 Å².